The van der Waals surface area contributed by atoms with E-state index in [-0.39, 0.29) is 24.5 Å². The third kappa shape index (κ3) is 4.19. The molecular weight excluding hydrogens is 373 g/mol. The van der Waals surface area contributed by atoms with Gasteiger partial charge in [-0.3, -0.25) is 9.59 Å². The SMILES string of the molecule is Cc1cc(Cc2ccc(C(F)(F)F)cc2)cnc1N1N=C(C(N)=O)CCC1=O. The first-order chi connectivity index (χ1) is 13.1. The quantitative estimate of drug-likeness (QED) is 0.871. The van der Waals surface area contributed by atoms with Crippen molar-refractivity contribution in [2.45, 2.75) is 32.4 Å². The lowest BCUT2D eigenvalue weighted by Crippen LogP contribution is -2.37. The summed E-state index contributed by atoms with van der Waals surface area (Å²) in [5, 5.41) is 5.07. The van der Waals surface area contributed by atoms with E-state index >= 15 is 0 Å². The molecule has 0 bridgehead atoms. The Morgan fingerprint density at radius 3 is 2.43 bits per heavy atom. The van der Waals surface area contributed by atoms with Crippen LogP contribution in [0.25, 0.3) is 0 Å². The van der Waals surface area contributed by atoms with Gasteiger partial charge in [0.25, 0.3) is 5.91 Å². The van der Waals surface area contributed by atoms with Crippen molar-refractivity contribution in [2.75, 3.05) is 5.01 Å². The van der Waals surface area contributed by atoms with Crippen molar-refractivity contribution in [1.82, 2.24) is 4.98 Å². The molecule has 0 unspecified atom stereocenters. The highest BCUT2D eigenvalue weighted by molar-refractivity contribution is 6.39. The molecule has 2 aromatic rings. The minimum atomic E-state index is -4.37. The average Bonchev–Trinajstić information content (AvgIpc) is 2.62. The molecular formula is C19H17F3N4O2. The van der Waals surface area contributed by atoms with Gasteiger partial charge in [0.15, 0.2) is 5.82 Å². The maximum Gasteiger partial charge on any atom is 0.416 e. The van der Waals surface area contributed by atoms with Crippen LogP contribution in [0.4, 0.5) is 19.0 Å². The van der Waals surface area contributed by atoms with Gasteiger partial charge in [0.2, 0.25) is 5.91 Å². The van der Waals surface area contributed by atoms with Gasteiger partial charge in [0, 0.05) is 19.0 Å². The van der Waals surface area contributed by atoms with Gasteiger partial charge in [-0.05, 0) is 42.2 Å². The second-order valence-electron chi connectivity index (χ2n) is 6.47. The molecule has 0 saturated carbocycles. The standard InChI is InChI=1S/C19H17F3N4O2/c1-11-8-13(9-12-2-4-14(5-3-12)19(20,21)22)10-24-18(11)26-16(27)7-6-15(25-26)17(23)28/h2-5,8,10H,6-7,9H2,1H3,(H2,23,28). The highest BCUT2D eigenvalue weighted by Gasteiger charge is 2.30. The molecule has 2 heterocycles. The number of hydrogen-bond donors (Lipinski definition) is 1. The van der Waals surface area contributed by atoms with Gasteiger partial charge in [0.1, 0.15) is 5.71 Å². The summed E-state index contributed by atoms with van der Waals surface area (Å²) in [6, 6.07) is 6.70. The molecule has 146 valence electrons. The molecule has 1 aliphatic rings. The van der Waals surface area contributed by atoms with Crippen LogP contribution in [0.3, 0.4) is 0 Å². The number of aromatic nitrogens is 1. The van der Waals surface area contributed by atoms with Crippen LogP contribution < -0.4 is 10.7 Å². The lowest BCUT2D eigenvalue weighted by Gasteiger charge is -2.23. The molecule has 1 aromatic heterocycles. The Bertz CT molecular complexity index is 953. The molecule has 3 rings (SSSR count). The van der Waals surface area contributed by atoms with Gasteiger partial charge in [-0.1, -0.05) is 18.2 Å². The zero-order valence-electron chi connectivity index (χ0n) is 15.0. The van der Waals surface area contributed by atoms with Crippen LogP contribution in [-0.2, 0) is 22.2 Å². The molecule has 0 atom stereocenters. The molecule has 0 fully saturated rings. The number of nitrogens with zero attached hydrogens (tertiary/aromatic N) is 3. The number of aryl methyl sites for hydroxylation is 1. The monoisotopic (exact) mass is 390 g/mol. The van der Waals surface area contributed by atoms with Crippen LogP contribution >= 0.6 is 0 Å². The van der Waals surface area contributed by atoms with Gasteiger partial charge in [-0.2, -0.15) is 23.3 Å². The number of halogens is 3. The molecule has 28 heavy (non-hydrogen) atoms. The summed E-state index contributed by atoms with van der Waals surface area (Å²) in [7, 11) is 0. The van der Waals surface area contributed by atoms with Gasteiger partial charge in [-0.15, -0.1) is 0 Å². The topological polar surface area (TPSA) is 88.7 Å². The summed E-state index contributed by atoms with van der Waals surface area (Å²) in [5.41, 5.74) is 6.76. The van der Waals surface area contributed by atoms with Gasteiger partial charge < -0.3 is 5.73 Å². The fraction of sp³-hybridized carbons (Fsp3) is 0.263. The Balaban J connectivity index is 1.82. The van der Waals surface area contributed by atoms with Crippen molar-refractivity contribution in [3.63, 3.8) is 0 Å². The van der Waals surface area contributed by atoms with E-state index in [0.717, 1.165) is 22.7 Å². The number of benzene rings is 1. The number of hydrazone groups is 1. The van der Waals surface area contributed by atoms with Crippen LogP contribution in [0.5, 0.6) is 0 Å². The first kappa shape index (κ1) is 19.5. The van der Waals surface area contributed by atoms with E-state index in [1.165, 1.54) is 18.3 Å². The predicted molar refractivity (Wildman–Crippen MR) is 96.6 cm³/mol. The molecule has 0 aliphatic carbocycles. The number of primary amides is 1. The number of pyridine rings is 1. The van der Waals surface area contributed by atoms with E-state index in [9.17, 15) is 22.8 Å². The summed E-state index contributed by atoms with van der Waals surface area (Å²) in [6.45, 7) is 1.74. The Morgan fingerprint density at radius 2 is 1.86 bits per heavy atom. The van der Waals surface area contributed by atoms with E-state index in [2.05, 4.69) is 10.1 Å². The van der Waals surface area contributed by atoms with Crippen LogP contribution in [0, 0.1) is 6.92 Å². The summed E-state index contributed by atoms with van der Waals surface area (Å²) in [4.78, 5) is 27.7. The van der Waals surface area contributed by atoms with Crippen molar-refractivity contribution in [3.05, 3.63) is 58.8 Å². The van der Waals surface area contributed by atoms with Gasteiger partial charge in [0.05, 0.1) is 5.56 Å². The Hall–Kier alpha value is -3.23. The molecule has 9 heteroatoms. The van der Waals surface area contributed by atoms with E-state index < -0.39 is 17.6 Å². The van der Waals surface area contributed by atoms with E-state index in [1.807, 2.05) is 0 Å². The number of anilines is 1. The molecule has 0 radical (unpaired) electrons. The number of hydrogen-bond acceptors (Lipinski definition) is 4. The lowest BCUT2D eigenvalue weighted by molar-refractivity contribution is -0.137. The molecule has 0 saturated heterocycles. The average molecular weight is 390 g/mol. The highest BCUT2D eigenvalue weighted by atomic mass is 19.4. The Morgan fingerprint density at radius 1 is 1.18 bits per heavy atom. The van der Waals surface area contributed by atoms with E-state index in [0.29, 0.717) is 23.4 Å². The molecule has 1 aromatic carbocycles. The minimum absolute atomic E-state index is 0.106. The summed E-state index contributed by atoms with van der Waals surface area (Å²) in [6.07, 6.45) is -2.16. The maximum absolute atomic E-state index is 12.6. The number of alkyl halides is 3. The summed E-state index contributed by atoms with van der Waals surface area (Å²) >= 11 is 0. The maximum atomic E-state index is 12.6. The smallest absolute Gasteiger partial charge is 0.364 e. The van der Waals surface area contributed by atoms with Crippen molar-refractivity contribution in [2.24, 2.45) is 10.8 Å². The minimum Gasteiger partial charge on any atom is -0.364 e. The van der Waals surface area contributed by atoms with Crippen LogP contribution in [0.1, 0.15) is 35.1 Å². The molecule has 2 N–H and O–H groups in total. The second-order valence-corrected chi connectivity index (χ2v) is 6.47. The number of nitrogens with two attached hydrogens (primary N) is 1. The van der Waals surface area contributed by atoms with E-state index in [4.69, 9.17) is 5.73 Å². The third-order valence-electron chi connectivity index (χ3n) is 4.31. The Labute approximate surface area is 158 Å². The molecule has 0 spiro atoms. The van der Waals surface area contributed by atoms with Crippen LogP contribution in [-0.4, -0.2) is 22.5 Å². The Kier molecular flexibility index (Phi) is 5.17. The van der Waals surface area contributed by atoms with Gasteiger partial charge >= 0.3 is 6.18 Å². The number of carbonyl (C=O) groups excluding carboxylic acids is 2. The van der Waals surface area contributed by atoms with Crippen LogP contribution in [0.2, 0.25) is 0 Å². The summed E-state index contributed by atoms with van der Waals surface area (Å²) < 4.78 is 37.9. The first-order valence-electron chi connectivity index (χ1n) is 8.47. The molecule has 2 amide bonds. The normalized spacial score (nSPS) is 14.8. The fourth-order valence-electron chi connectivity index (χ4n) is 2.89. The largest absolute Gasteiger partial charge is 0.416 e. The molecule has 6 nitrogen and oxygen atoms in total. The van der Waals surface area contributed by atoms with Gasteiger partial charge in [-0.25, -0.2) is 4.98 Å². The zero-order valence-corrected chi connectivity index (χ0v) is 15.0. The van der Waals surface area contributed by atoms with Crippen molar-refractivity contribution < 1.29 is 22.8 Å². The first-order valence-corrected chi connectivity index (χ1v) is 8.47. The third-order valence-corrected chi connectivity index (χ3v) is 4.31. The molecule has 1 aliphatic heterocycles. The number of amides is 2. The van der Waals surface area contributed by atoms with E-state index in [1.54, 1.807) is 13.0 Å². The summed E-state index contributed by atoms with van der Waals surface area (Å²) in [5.74, 6) is -0.690. The number of rotatable bonds is 4. The fourth-order valence-corrected chi connectivity index (χ4v) is 2.89. The lowest BCUT2D eigenvalue weighted by atomic mass is 10.0. The van der Waals surface area contributed by atoms with Crippen molar-refractivity contribution in [1.29, 1.82) is 0 Å². The van der Waals surface area contributed by atoms with Crippen molar-refractivity contribution >= 4 is 23.3 Å². The second kappa shape index (κ2) is 7.41. The van der Waals surface area contributed by atoms with Crippen molar-refractivity contribution in [3.8, 4) is 0 Å². The number of carbonyl (C=O) groups is 2. The predicted octanol–water partition coefficient (Wildman–Crippen LogP) is 2.97. The highest BCUT2D eigenvalue weighted by Crippen LogP contribution is 2.29. The van der Waals surface area contributed by atoms with Crippen LogP contribution in [0.15, 0.2) is 41.6 Å². The zero-order chi connectivity index (χ0) is 20.5.